The zero-order chi connectivity index (χ0) is 25.2. The summed E-state index contributed by atoms with van der Waals surface area (Å²) in [6.45, 7) is 4.35. The molecule has 0 heterocycles. The monoisotopic (exact) mass is 536 g/mol. The number of methoxy groups -OCH3 is 1. The summed E-state index contributed by atoms with van der Waals surface area (Å²) in [5, 5.41) is 3.10. The number of rotatable bonds is 11. The summed E-state index contributed by atoms with van der Waals surface area (Å²) < 4.78 is 6.17. The number of nitrogens with zero attached hydrogens (tertiary/aromatic N) is 1. The molecule has 0 aliphatic rings. The summed E-state index contributed by atoms with van der Waals surface area (Å²) in [4.78, 5) is 29.0. The molecule has 0 radical (unpaired) electrons. The van der Waals surface area contributed by atoms with E-state index in [0.29, 0.717) is 13.0 Å². The van der Waals surface area contributed by atoms with Gasteiger partial charge in [0.15, 0.2) is 0 Å². The second kappa shape index (κ2) is 13.1. The molecule has 2 atom stereocenters. The molecule has 1 N–H and O–H groups in total. The lowest BCUT2D eigenvalue weighted by atomic mass is 10.0. The third-order valence-corrected chi connectivity index (χ3v) is 6.52. The van der Waals surface area contributed by atoms with Crippen LogP contribution in [-0.2, 0) is 29.0 Å². The van der Waals surface area contributed by atoms with Gasteiger partial charge in [0.25, 0.3) is 0 Å². The van der Waals surface area contributed by atoms with Gasteiger partial charge in [-0.3, -0.25) is 9.59 Å². The lowest BCUT2D eigenvalue weighted by Crippen LogP contribution is -2.52. The Morgan fingerprint density at radius 1 is 0.943 bits per heavy atom. The van der Waals surface area contributed by atoms with Crippen molar-refractivity contribution in [3.63, 3.8) is 0 Å². The molecule has 184 valence electrons. The Kier molecular flexibility index (Phi) is 9.91. The van der Waals surface area contributed by atoms with E-state index < -0.39 is 6.04 Å². The quantitative estimate of drug-likeness (QED) is 0.349. The number of benzene rings is 3. The average molecular weight is 537 g/mol. The minimum Gasteiger partial charge on any atom is -0.497 e. The number of hydrogen-bond donors (Lipinski definition) is 1. The van der Waals surface area contributed by atoms with Gasteiger partial charge >= 0.3 is 0 Å². The third-order valence-electron chi connectivity index (χ3n) is 6.03. The van der Waals surface area contributed by atoms with E-state index in [4.69, 9.17) is 4.74 Å². The van der Waals surface area contributed by atoms with Crippen LogP contribution in [0, 0.1) is 0 Å². The van der Waals surface area contributed by atoms with Crippen LogP contribution in [0.15, 0.2) is 83.3 Å². The number of amides is 2. The summed E-state index contributed by atoms with van der Waals surface area (Å²) >= 11 is 3.52. The molecule has 0 spiro atoms. The topological polar surface area (TPSA) is 58.6 Å². The predicted molar refractivity (Wildman–Crippen MR) is 143 cm³/mol. The molecule has 2 amide bonds. The molecule has 0 bridgehead atoms. The molecule has 0 aliphatic heterocycles. The first-order valence-corrected chi connectivity index (χ1v) is 12.7. The fraction of sp³-hybridized carbons (Fsp3) is 0.310. The summed E-state index contributed by atoms with van der Waals surface area (Å²) in [5.41, 5.74) is 2.83. The Bertz CT molecular complexity index is 1100. The van der Waals surface area contributed by atoms with Crippen molar-refractivity contribution in [1.29, 1.82) is 0 Å². The van der Waals surface area contributed by atoms with Crippen LogP contribution in [0.25, 0.3) is 0 Å². The Balaban J connectivity index is 1.95. The van der Waals surface area contributed by atoms with Crippen molar-refractivity contribution in [2.75, 3.05) is 7.11 Å². The maximum absolute atomic E-state index is 13.8. The van der Waals surface area contributed by atoms with Crippen LogP contribution in [-0.4, -0.2) is 35.9 Å². The molecule has 5 nitrogen and oxygen atoms in total. The molecule has 6 heteroatoms. The number of carbonyl (C=O) groups excluding carboxylic acids is 2. The van der Waals surface area contributed by atoms with Crippen LogP contribution in [0.4, 0.5) is 0 Å². The summed E-state index contributed by atoms with van der Waals surface area (Å²) in [7, 11) is 1.62. The van der Waals surface area contributed by atoms with Crippen molar-refractivity contribution in [1.82, 2.24) is 10.2 Å². The van der Waals surface area contributed by atoms with Gasteiger partial charge in [-0.15, -0.1) is 0 Å². The van der Waals surface area contributed by atoms with Gasteiger partial charge in [-0.1, -0.05) is 77.5 Å². The second-order valence-corrected chi connectivity index (χ2v) is 9.62. The van der Waals surface area contributed by atoms with Crippen LogP contribution < -0.4 is 10.1 Å². The molecule has 35 heavy (non-hydrogen) atoms. The van der Waals surface area contributed by atoms with E-state index >= 15 is 0 Å². The van der Waals surface area contributed by atoms with Crippen molar-refractivity contribution >= 4 is 27.7 Å². The van der Waals surface area contributed by atoms with Crippen molar-refractivity contribution in [3.8, 4) is 5.75 Å². The summed E-state index contributed by atoms with van der Waals surface area (Å²) in [6.07, 6.45) is 1.45. The second-order valence-electron chi connectivity index (χ2n) is 8.70. The van der Waals surface area contributed by atoms with Gasteiger partial charge in [0, 0.05) is 23.5 Å². The van der Waals surface area contributed by atoms with Crippen molar-refractivity contribution in [2.24, 2.45) is 0 Å². The first-order chi connectivity index (χ1) is 16.9. The lowest BCUT2D eigenvalue weighted by Gasteiger charge is -2.32. The normalized spacial score (nSPS) is 12.5. The summed E-state index contributed by atoms with van der Waals surface area (Å²) in [5.74, 6) is 0.499. The molecule has 0 fully saturated rings. The van der Waals surface area contributed by atoms with Gasteiger partial charge in [-0.05, 0) is 54.3 Å². The predicted octanol–water partition coefficient (Wildman–Crippen LogP) is 5.56. The fourth-order valence-electron chi connectivity index (χ4n) is 3.85. The minimum absolute atomic E-state index is 0.0187. The molecule has 3 aromatic rings. The van der Waals surface area contributed by atoms with Crippen molar-refractivity contribution in [3.05, 3.63) is 100 Å². The number of hydrogen-bond acceptors (Lipinski definition) is 3. The standard InChI is InChI=1S/C29H33BrN2O3/c1-4-21(2)31-29(34)27(18-22-9-6-5-7-10-22)32(20-24-11-8-12-25(30)17-24)28(33)19-23-13-15-26(35-3)16-14-23/h5-17,21,27H,4,18-20H2,1-3H3,(H,31,34)/t21-,27-/m0/s1. The van der Waals surface area contributed by atoms with E-state index in [9.17, 15) is 9.59 Å². The average Bonchev–Trinajstić information content (AvgIpc) is 2.87. The number of halogens is 1. The highest BCUT2D eigenvalue weighted by atomic mass is 79.9. The van der Waals surface area contributed by atoms with Crippen LogP contribution in [0.2, 0.25) is 0 Å². The van der Waals surface area contributed by atoms with Gasteiger partial charge in [0.1, 0.15) is 11.8 Å². The highest BCUT2D eigenvalue weighted by molar-refractivity contribution is 9.10. The maximum Gasteiger partial charge on any atom is 0.243 e. The van der Waals surface area contributed by atoms with Crippen molar-refractivity contribution < 1.29 is 14.3 Å². The number of nitrogens with one attached hydrogen (secondary N) is 1. The van der Waals surface area contributed by atoms with Crippen LogP contribution in [0.3, 0.4) is 0 Å². The number of carbonyl (C=O) groups is 2. The minimum atomic E-state index is -0.642. The first kappa shape index (κ1) is 26.5. The van der Waals surface area contributed by atoms with Crippen LogP contribution in [0.5, 0.6) is 5.75 Å². The van der Waals surface area contributed by atoms with E-state index in [1.165, 1.54) is 0 Å². The Hall–Kier alpha value is -3.12. The van der Waals surface area contributed by atoms with Crippen LogP contribution >= 0.6 is 15.9 Å². The Morgan fingerprint density at radius 2 is 1.63 bits per heavy atom. The molecule has 0 saturated carbocycles. The summed E-state index contributed by atoms with van der Waals surface area (Å²) in [6, 6.07) is 24.5. The SMILES string of the molecule is CC[C@H](C)NC(=O)[C@H](Cc1ccccc1)N(Cc1cccc(Br)c1)C(=O)Cc1ccc(OC)cc1. The Labute approximate surface area is 216 Å². The van der Waals surface area contributed by atoms with Gasteiger partial charge in [-0.25, -0.2) is 0 Å². The highest BCUT2D eigenvalue weighted by Gasteiger charge is 2.31. The molecule has 0 unspecified atom stereocenters. The smallest absolute Gasteiger partial charge is 0.243 e. The number of ether oxygens (including phenoxy) is 1. The van der Waals surface area contributed by atoms with E-state index in [2.05, 4.69) is 21.2 Å². The molecular weight excluding hydrogens is 504 g/mol. The van der Waals surface area contributed by atoms with E-state index in [0.717, 1.165) is 33.3 Å². The Morgan fingerprint density at radius 3 is 2.26 bits per heavy atom. The molecule has 0 aromatic heterocycles. The third kappa shape index (κ3) is 7.96. The zero-order valence-electron chi connectivity index (χ0n) is 20.5. The van der Waals surface area contributed by atoms with Gasteiger partial charge < -0.3 is 15.0 Å². The molecule has 3 aromatic carbocycles. The maximum atomic E-state index is 13.8. The van der Waals surface area contributed by atoms with E-state index in [1.807, 2.05) is 92.7 Å². The molecule has 0 aliphatic carbocycles. The molecule has 0 saturated heterocycles. The van der Waals surface area contributed by atoms with Crippen LogP contribution in [0.1, 0.15) is 37.0 Å². The van der Waals surface area contributed by atoms with Gasteiger partial charge in [-0.2, -0.15) is 0 Å². The van der Waals surface area contributed by atoms with Gasteiger partial charge in [0.2, 0.25) is 11.8 Å². The van der Waals surface area contributed by atoms with Crippen molar-refractivity contribution in [2.45, 2.75) is 51.7 Å². The fourth-order valence-corrected chi connectivity index (χ4v) is 4.29. The highest BCUT2D eigenvalue weighted by Crippen LogP contribution is 2.20. The molecule has 3 rings (SSSR count). The first-order valence-electron chi connectivity index (χ1n) is 11.9. The zero-order valence-corrected chi connectivity index (χ0v) is 22.1. The van der Waals surface area contributed by atoms with Gasteiger partial charge in [0.05, 0.1) is 13.5 Å². The largest absolute Gasteiger partial charge is 0.497 e. The molecular formula is C29H33BrN2O3. The lowest BCUT2D eigenvalue weighted by molar-refractivity contribution is -0.141. The van der Waals surface area contributed by atoms with E-state index in [-0.39, 0.29) is 24.3 Å². The van der Waals surface area contributed by atoms with E-state index in [1.54, 1.807) is 12.0 Å².